The van der Waals surface area contributed by atoms with Crippen LogP contribution in [0.1, 0.15) is 0 Å². The third kappa shape index (κ3) is 3.34. The van der Waals surface area contributed by atoms with Crippen molar-refractivity contribution in [2.75, 3.05) is 44.4 Å². The molecule has 0 aromatic heterocycles. The molecule has 31 heavy (non-hydrogen) atoms. The molecule has 0 spiro atoms. The van der Waals surface area contributed by atoms with Gasteiger partial charge in [-0.1, -0.05) is 18.2 Å². The number of piperazine rings is 1. The predicted molar refractivity (Wildman–Crippen MR) is 115 cm³/mol. The third-order valence-corrected chi connectivity index (χ3v) is 6.36. The molecular formula is C20H27N7O4. The standard InChI is InChI=1S/C20H27N7O4/c21-20(26-8-6-25(7-9-26)13-4-2-1-3-5-13)17-18(22-11-24-20)27(12-23-17)19-16(30)15(29)14(10-28)31-19/h1-5,11,14-16,19,28-30H,6-10,12,21H2/t14-,15-,16-,19-,20?/m1/s1. The number of amidine groups is 1. The Hall–Kier alpha value is -2.41. The van der Waals surface area contributed by atoms with Crippen molar-refractivity contribution >= 4 is 23.6 Å². The summed E-state index contributed by atoms with van der Waals surface area (Å²) in [5.74, 6) is -0.689. The highest BCUT2D eigenvalue weighted by Gasteiger charge is 2.52. The van der Waals surface area contributed by atoms with Crippen molar-refractivity contribution in [3.05, 3.63) is 30.3 Å². The lowest BCUT2D eigenvalue weighted by Gasteiger charge is -2.44. The first-order valence-electron chi connectivity index (χ1n) is 10.4. The van der Waals surface area contributed by atoms with Gasteiger partial charge in [-0.25, -0.2) is 9.98 Å². The van der Waals surface area contributed by atoms with Crippen molar-refractivity contribution < 1.29 is 20.1 Å². The first-order chi connectivity index (χ1) is 15.0. The Balaban J connectivity index is 1.31. The fourth-order valence-corrected chi connectivity index (χ4v) is 4.58. The first kappa shape index (κ1) is 20.5. The summed E-state index contributed by atoms with van der Waals surface area (Å²) in [4.78, 5) is 19.5. The van der Waals surface area contributed by atoms with Gasteiger partial charge < -0.3 is 29.9 Å². The van der Waals surface area contributed by atoms with Crippen LogP contribution in [0, 0.1) is 0 Å². The number of aliphatic hydroxyl groups excluding tert-OH is 3. The molecule has 0 aliphatic carbocycles. The number of fused-ring (bicyclic) bond motifs is 1. The van der Waals surface area contributed by atoms with E-state index in [1.165, 1.54) is 12.0 Å². The second-order valence-corrected chi connectivity index (χ2v) is 8.08. The summed E-state index contributed by atoms with van der Waals surface area (Å²) in [5, 5.41) is 29.9. The smallest absolute Gasteiger partial charge is 0.213 e. The second-order valence-electron chi connectivity index (χ2n) is 8.08. The molecule has 4 aliphatic heterocycles. The van der Waals surface area contributed by atoms with Gasteiger partial charge in [0.15, 0.2) is 12.1 Å². The summed E-state index contributed by atoms with van der Waals surface area (Å²) in [5.41, 5.74) is 8.45. The normalized spacial score (nSPS) is 35.9. The summed E-state index contributed by atoms with van der Waals surface area (Å²) < 4.78 is 5.66. The van der Waals surface area contributed by atoms with E-state index in [9.17, 15) is 15.3 Å². The molecule has 2 fully saturated rings. The van der Waals surface area contributed by atoms with Crippen molar-refractivity contribution in [1.82, 2.24) is 9.80 Å². The molecule has 2 saturated heterocycles. The topological polar surface area (TPSA) is 143 Å². The lowest BCUT2D eigenvalue weighted by molar-refractivity contribution is -0.0688. The number of nitrogens with zero attached hydrogens (tertiary/aromatic N) is 6. The van der Waals surface area contributed by atoms with Crippen LogP contribution in [0.15, 0.2) is 45.3 Å². The molecule has 11 nitrogen and oxygen atoms in total. The van der Waals surface area contributed by atoms with Crippen molar-refractivity contribution in [2.45, 2.75) is 30.3 Å². The van der Waals surface area contributed by atoms with Gasteiger partial charge in [-0.05, 0) is 12.1 Å². The fraction of sp³-hybridized carbons (Fsp3) is 0.550. The minimum atomic E-state index is -1.20. The molecule has 1 aromatic carbocycles. The van der Waals surface area contributed by atoms with Crippen molar-refractivity contribution in [2.24, 2.45) is 20.7 Å². The Morgan fingerprint density at radius 1 is 1.10 bits per heavy atom. The molecular weight excluding hydrogens is 402 g/mol. The second kappa shape index (κ2) is 7.93. The Labute approximate surface area is 179 Å². The average Bonchev–Trinajstić information content (AvgIpc) is 3.36. The summed E-state index contributed by atoms with van der Waals surface area (Å²) in [7, 11) is 0. The van der Waals surface area contributed by atoms with E-state index in [-0.39, 0.29) is 6.67 Å². The highest BCUT2D eigenvalue weighted by atomic mass is 16.6. The first-order valence-corrected chi connectivity index (χ1v) is 10.4. The van der Waals surface area contributed by atoms with Crippen LogP contribution in [0.3, 0.4) is 0 Å². The maximum absolute atomic E-state index is 10.4. The van der Waals surface area contributed by atoms with E-state index in [0.717, 1.165) is 13.1 Å². The molecule has 0 bridgehead atoms. The Bertz CT molecular complexity index is 902. The van der Waals surface area contributed by atoms with Crippen LogP contribution < -0.4 is 10.6 Å². The average molecular weight is 429 g/mol. The van der Waals surface area contributed by atoms with Gasteiger partial charge in [-0.15, -0.1) is 0 Å². The molecule has 1 unspecified atom stereocenters. The number of ether oxygens (including phenoxy) is 1. The largest absolute Gasteiger partial charge is 0.394 e. The monoisotopic (exact) mass is 429 g/mol. The summed E-state index contributed by atoms with van der Waals surface area (Å²) in [6.45, 7) is 2.78. The van der Waals surface area contributed by atoms with Gasteiger partial charge in [0.05, 0.1) is 6.61 Å². The van der Waals surface area contributed by atoms with Gasteiger partial charge >= 0.3 is 0 Å². The molecule has 11 heteroatoms. The molecule has 0 radical (unpaired) electrons. The number of anilines is 1. The number of hydrogen-bond acceptors (Lipinski definition) is 11. The Kier molecular flexibility index (Phi) is 5.24. The zero-order valence-electron chi connectivity index (χ0n) is 17.0. The van der Waals surface area contributed by atoms with Crippen LogP contribution in [0.2, 0.25) is 0 Å². The molecule has 5 N–H and O–H groups in total. The quantitative estimate of drug-likeness (QED) is 0.431. The Morgan fingerprint density at radius 2 is 1.84 bits per heavy atom. The summed E-state index contributed by atoms with van der Waals surface area (Å²) in [6.07, 6.45) is -2.72. The number of aliphatic hydroxyl groups is 3. The fourth-order valence-electron chi connectivity index (χ4n) is 4.58. The van der Waals surface area contributed by atoms with E-state index >= 15 is 0 Å². The van der Waals surface area contributed by atoms with Gasteiger partial charge in [0.25, 0.3) is 0 Å². The lowest BCUT2D eigenvalue weighted by Crippen LogP contribution is -2.67. The van der Waals surface area contributed by atoms with Gasteiger partial charge in [0, 0.05) is 31.9 Å². The molecule has 5 atom stereocenters. The molecule has 1 aromatic rings. The SMILES string of the molecule is NC1(N2CCN(c3ccccc3)CC2)N=CN=C2C1=NCN2[C@@H]1O[C@H](CO)[C@@H](O)[C@H]1O. The molecule has 0 amide bonds. The van der Waals surface area contributed by atoms with Crippen molar-refractivity contribution in [3.63, 3.8) is 0 Å². The van der Waals surface area contributed by atoms with Crippen molar-refractivity contribution in [3.8, 4) is 0 Å². The van der Waals surface area contributed by atoms with Crippen LogP contribution in [0.25, 0.3) is 0 Å². The van der Waals surface area contributed by atoms with E-state index in [0.29, 0.717) is 24.6 Å². The van der Waals surface area contributed by atoms with E-state index in [1.54, 1.807) is 4.90 Å². The number of aliphatic imine (C=N–C) groups is 3. The Morgan fingerprint density at radius 3 is 2.52 bits per heavy atom. The van der Waals surface area contributed by atoms with E-state index in [4.69, 9.17) is 10.5 Å². The van der Waals surface area contributed by atoms with E-state index < -0.39 is 36.9 Å². The highest BCUT2D eigenvalue weighted by molar-refractivity contribution is 6.47. The third-order valence-electron chi connectivity index (χ3n) is 6.36. The number of hydrogen-bond donors (Lipinski definition) is 4. The highest BCUT2D eigenvalue weighted by Crippen LogP contribution is 2.30. The zero-order chi connectivity index (χ0) is 21.6. The van der Waals surface area contributed by atoms with Crippen LogP contribution in [-0.2, 0) is 4.74 Å². The minimum absolute atomic E-state index is 0.174. The number of rotatable bonds is 4. The van der Waals surface area contributed by atoms with E-state index in [1.807, 2.05) is 18.2 Å². The van der Waals surface area contributed by atoms with Crippen molar-refractivity contribution in [1.29, 1.82) is 0 Å². The minimum Gasteiger partial charge on any atom is -0.394 e. The van der Waals surface area contributed by atoms with Crippen LogP contribution >= 0.6 is 0 Å². The van der Waals surface area contributed by atoms with Crippen LogP contribution in [0.4, 0.5) is 5.69 Å². The predicted octanol–water partition coefficient (Wildman–Crippen LogP) is -1.99. The molecule has 166 valence electrons. The summed E-state index contributed by atoms with van der Waals surface area (Å²) in [6, 6.07) is 10.2. The van der Waals surface area contributed by atoms with E-state index in [2.05, 4.69) is 36.9 Å². The molecule has 0 saturated carbocycles. The van der Waals surface area contributed by atoms with Gasteiger partial charge in [-0.3, -0.25) is 15.6 Å². The van der Waals surface area contributed by atoms with Gasteiger partial charge in [0.2, 0.25) is 5.79 Å². The van der Waals surface area contributed by atoms with Crippen LogP contribution in [-0.4, -0.2) is 113 Å². The van der Waals surface area contributed by atoms with Crippen LogP contribution in [0.5, 0.6) is 0 Å². The summed E-state index contributed by atoms with van der Waals surface area (Å²) >= 11 is 0. The maximum atomic E-state index is 10.4. The van der Waals surface area contributed by atoms with Gasteiger partial charge in [0.1, 0.15) is 37.0 Å². The maximum Gasteiger partial charge on any atom is 0.213 e. The molecule has 4 aliphatic rings. The molecule has 5 rings (SSSR count). The number of benzene rings is 1. The lowest BCUT2D eigenvalue weighted by atomic mass is 10.1. The number of nitrogens with two attached hydrogens (primary N) is 1. The number of para-hydroxylation sites is 1. The molecule has 4 heterocycles. The zero-order valence-corrected chi connectivity index (χ0v) is 17.0. The van der Waals surface area contributed by atoms with Gasteiger partial charge in [-0.2, -0.15) is 0 Å².